The molecule has 1 saturated heterocycles. The van der Waals surface area contributed by atoms with Gasteiger partial charge in [0, 0.05) is 68.8 Å². The molecular formula is C50H49F4N12O6S+. The zero-order chi connectivity index (χ0) is 52.6. The van der Waals surface area contributed by atoms with E-state index in [2.05, 4.69) is 25.5 Å². The summed E-state index contributed by atoms with van der Waals surface area (Å²) in [5.74, 6) is -5.85. The van der Waals surface area contributed by atoms with Gasteiger partial charge < -0.3 is 25.3 Å². The molecule has 23 heteroatoms. The Morgan fingerprint density at radius 3 is 1.75 bits per heavy atom. The minimum absolute atomic E-state index is 0.0273. The number of sulfone groups is 1. The van der Waals surface area contributed by atoms with Crippen molar-refractivity contribution in [3.05, 3.63) is 123 Å². The molecule has 73 heavy (non-hydrogen) atoms. The number of hydrogen-bond donors (Lipinski definition) is 2. The second-order valence-electron chi connectivity index (χ2n) is 18.7. The standard InChI is InChI=1S/C50H48F4N12O6S/c1-26-15-17-28(23-30(26)38-31-24-55-49(69)64(40-33(51)11-9-12-34(40)52)43(31)59-47(57-38)63-21-19-62(5)20-22-63)46(68)66(6,7)42-27(2)16-18-29(45(67)61(3)4)37(42)39-32-25-56-50(70)65(41-35(53)13-10-14-36(41)54)44(32)60-48(58-39)73(8,71)72/h9-18,23H,19-22,24-25H2,1-8H3,(H-,55,56,69,70)/p+1. The molecule has 5 heterocycles. The molecule has 3 aliphatic heterocycles. The van der Waals surface area contributed by atoms with Crippen molar-refractivity contribution in [2.45, 2.75) is 32.1 Å². The van der Waals surface area contributed by atoms with Crippen molar-refractivity contribution in [3.63, 3.8) is 0 Å². The molecule has 0 spiro atoms. The van der Waals surface area contributed by atoms with Crippen molar-refractivity contribution in [2.75, 3.05) is 82.4 Å². The molecule has 0 bridgehead atoms. The van der Waals surface area contributed by atoms with Crippen LogP contribution in [-0.4, -0.2) is 130 Å². The Labute approximate surface area is 417 Å². The van der Waals surface area contributed by atoms with Gasteiger partial charge in [-0.3, -0.25) is 4.79 Å². The number of piperazine rings is 1. The van der Waals surface area contributed by atoms with Crippen LogP contribution in [0.4, 0.5) is 61.8 Å². The highest BCUT2D eigenvalue weighted by molar-refractivity contribution is 7.90. The third-order valence-electron chi connectivity index (χ3n) is 13.1. The lowest BCUT2D eigenvalue weighted by Crippen LogP contribution is -2.48. The lowest BCUT2D eigenvalue weighted by atomic mass is 9.92. The summed E-state index contributed by atoms with van der Waals surface area (Å²) in [6.07, 6.45) is 0.809. The molecule has 1 fully saturated rings. The smallest absolute Gasteiger partial charge is 0.345 e. The number of amides is 6. The van der Waals surface area contributed by atoms with Gasteiger partial charge in [0.2, 0.25) is 20.9 Å². The molecule has 9 rings (SSSR count). The number of nitrogens with zero attached hydrogens (tertiary/aromatic N) is 10. The number of urea groups is 2. The highest BCUT2D eigenvalue weighted by atomic mass is 32.2. The maximum absolute atomic E-state index is 15.6. The molecule has 378 valence electrons. The summed E-state index contributed by atoms with van der Waals surface area (Å²) in [7, 11) is 3.68. The molecular weight excluding hydrogens is 973 g/mol. The van der Waals surface area contributed by atoms with Crippen molar-refractivity contribution in [1.82, 2.24) is 44.9 Å². The van der Waals surface area contributed by atoms with E-state index in [9.17, 15) is 22.8 Å². The van der Waals surface area contributed by atoms with Crippen LogP contribution in [-0.2, 0) is 22.9 Å². The zero-order valence-corrected chi connectivity index (χ0v) is 41.8. The van der Waals surface area contributed by atoms with Crippen molar-refractivity contribution in [2.24, 2.45) is 0 Å². The number of rotatable bonds is 9. The van der Waals surface area contributed by atoms with E-state index in [-0.39, 0.29) is 57.6 Å². The van der Waals surface area contributed by atoms with Crippen molar-refractivity contribution < 1.29 is 45.2 Å². The molecule has 0 radical (unpaired) electrons. The largest absolute Gasteiger partial charge is 0.350 e. The number of carbonyl (C=O) groups excluding carboxylic acids is 4. The third-order valence-corrected chi connectivity index (χ3v) is 13.9. The van der Waals surface area contributed by atoms with Crippen molar-refractivity contribution in [1.29, 1.82) is 0 Å². The minimum atomic E-state index is -4.37. The maximum Gasteiger partial charge on any atom is 0.350 e. The van der Waals surface area contributed by atoms with Gasteiger partial charge >= 0.3 is 18.0 Å². The molecule has 18 nitrogen and oxygen atoms in total. The predicted octanol–water partition coefficient (Wildman–Crippen LogP) is 6.76. The SMILES string of the molecule is Cc1ccc(C(=O)[N+](C)(C)c2c(C)ccc(C(=O)N(C)C)c2-c2nc(S(C)(=O)=O)nc3c2CNC(=O)N3c2c(F)cccc2F)cc1-c1nc(N2CCN(C)CC2)nc2c1CNC(=O)N2c1c(F)cccc1F. The quantitative estimate of drug-likeness (QED) is 0.0880. The summed E-state index contributed by atoms with van der Waals surface area (Å²) in [5.41, 5.74) is 0.500. The topological polar surface area (TPSA) is 194 Å². The molecule has 6 amide bonds. The van der Waals surface area contributed by atoms with Crippen molar-refractivity contribution in [3.8, 4) is 22.5 Å². The molecule has 0 aliphatic carbocycles. The Hall–Kier alpha value is -7.89. The first-order valence-corrected chi connectivity index (χ1v) is 24.7. The first-order chi connectivity index (χ1) is 34.5. The van der Waals surface area contributed by atoms with Gasteiger partial charge in [-0.15, -0.1) is 0 Å². The monoisotopic (exact) mass is 1020 g/mol. The summed E-state index contributed by atoms with van der Waals surface area (Å²) < 4.78 is 88.5. The number of nitrogens with one attached hydrogen (secondary N) is 2. The van der Waals surface area contributed by atoms with E-state index in [0.29, 0.717) is 53.3 Å². The van der Waals surface area contributed by atoms with Gasteiger partial charge in [-0.25, -0.2) is 64.6 Å². The first kappa shape index (κ1) is 50.1. The molecule has 6 aromatic rings. The summed E-state index contributed by atoms with van der Waals surface area (Å²) in [6, 6.07) is 12.3. The molecule has 4 aromatic carbocycles. The molecule has 0 saturated carbocycles. The number of likely N-dealkylation sites (N-methyl/N-ethyl adjacent to an activating group) is 1. The van der Waals surface area contributed by atoms with Crippen LogP contribution >= 0.6 is 0 Å². The van der Waals surface area contributed by atoms with Gasteiger partial charge in [-0.1, -0.05) is 24.3 Å². The predicted molar refractivity (Wildman–Crippen MR) is 265 cm³/mol. The number of quaternary nitrogens is 1. The number of carbonyl (C=O) groups is 4. The van der Waals surface area contributed by atoms with Gasteiger partial charge in [0.25, 0.3) is 5.91 Å². The van der Waals surface area contributed by atoms with Crippen LogP contribution in [0.2, 0.25) is 0 Å². The Bertz CT molecular complexity index is 3420. The van der Waals surface area contributed by atoms with E-state index in [1.54, 1.807) is 52.2 Å². The average molecular weight is 1020 g/mol. The van der Waals surface area contributed by atoms with E-state index < -0.39 is 90.4 Å². The first-order valence-electron chi connectivity index (χ1n) is 22.8. The van der Waals surface area contributed by atoms with Gasteiger partial charge in [0.1, 0.15) is 34.6 Å². The Morgan fingerprint density at radius 1 is 0.699 bits per heavy atom. The number of aromatic nitrogens is 4. The number of para-hydroxylation sites is 2. The summed E-state index contributed by atoms with van der Waals surface area (Å²) >= 11 is 0. The van der Waals surface area contributed by atoms with Crippen molar-refractivity contribution >= 4 is 68.4 Å². The second kappa shape index (κ2) is 18.6. The summed E-state index contributed by atoms with van der Waals surface area (Å²) in [5, 5.41) is 4.44. The number of hydrogen-bond acceptors (Lipinski definition) is 12. The number of anilines is 5. The fourth-order valence-corrected chi connectivity index (χ4v) is 9.87. The highest BCUT2D eigenvalue weighted by Crippen LogP contribution is 2.46. The average Bonchev–Trinajstić information content (AvgIpc) is 3.33. The van der Waals surface area contributed by atoms with E-state index >= 15 is 22.4 Å². The van der Waals surface area contributed by atoms with Gasteiger partial charge in [-0.05, 0) is 68.9 Å². The van der Waals surface area contributed by atoms with Gasteiger partial charge in [-0.2, -0.15) is 9.97 Å². The molecule has 0 unspecified atom stereocenters. The van der Waals surface area contributed by atoms with E-state index in [1.165, 1.54) is 31.1 Å². The van der Waals surface area contributed by atoms with Gasteiger partial charge in [0.15, 0.2) is 17.3 Å². The van der Waals surface area contributed by atoms with E-state index in [4.69, 9.17) is 9.97 Å². The summed E-state index contributed by atoms with van der Waals surface area (Å²) in [6.45, 7) is 5.18. The number of aryl methyl sites for hydroxylation is 2. The van der Waals surface area contributed by atoms with Crippen LogP contribution in [0.25, 0.3) is 22.5 Å². The normalized spacial score (nSPS) is 15.2. The fraction of sp³-hybridized carbons (Fsp3) is 0.280. The number of fused-ring (bicyclic) bond motifs is 2. The van der Waals surface area contributed by atoms with Crippen LogP contribution in [0, 0.1) is 37.1 Å². The van der Waals surface area contributed by atoms with Crippen LogP contribution < -0.4 is 29.8 Å². The highest BCUT2D eigenvalue weighted by Gasteiger charge is 2.43. The van der Waals surface area contributed by atoms with Crippen LogP contribution in [0.5, 0.6) is 0 Å². The molecule has 2 aromatic heterocycles. The zero-order valence-electron chi connectivity index (χ0n) is 40.9. The van der Waals surface area contributed by atoms with Crippen LogP contribution in [0.1, 0.15) is 43.0 Å². The Kier molecular flexibility index (Phi) is 12.8. The molecule has 2 N–H and O–H groups in total. The number of benzene rings is 4. The lowest BCUT2D eigenvalue weighted by molar-refractivity contribution is 0.0816. The van der Waals surface area contributed by atoms with Crippen LogP contribution in [0.3, 0.4) is 0 Å². The molecule has 0 atom stereocenters. The van der Waals surface area contributed by atoms with Crippen LogP contribution in [0.15, 0.2) is 71.9 Å². The fourth-order valence-electron chi connectivity index (χ4n) is 9.36. The van der Waals surface area contributed by atoms with Gasteiger partial charge in [0.05, 0.1) is 55.3 Å². The third kappa shape index (κ3) is 8.75. The Balaban J connectivity index is 1.26. The maximum atomic E-state index is 15.6. The second-order valence-corrected chi connectivity index (χ2v) is 20.6. The van der Waals surface area contributed by atoms with E-state index in [1.807, 2.05) is 11.9 Å². The molecule has 3 aliphatic rings. The summed E-state index contributed by atoms with van der Waals surface area (Å²) in [4.78, 5) is 82.5. The number of halogens is 4. The van der Waals surface area contributed by atoms with E-state index in [0.717, 1.165) is 41.5 Å². The Morgan fingerprint density at radius 2 is 1.22 bits per heavy atom. The lowest BCUT2D eigenvalue weighted by Gasteiger charge is -2.35. The minimum Gasteiger partial charge on any atom is -0.345 e.